The summed E-state index contributed by atoms with van der Waals surface area (Å²) >= 11 is 0. The van der Waals surface area contributed by atoms with Gasteiger partial charge in [-0.3, -0.25) is 4.79 Å². The van der Waals surface area contributed by atoms with E-state index in [0.29, 0.717) is 0 Å². The fraction of sp³-hybridized carbons (Fsp3) is 0.917. The Labute approximate surface area is 122 Å². The van der Waals surface area contributed by atoms with E-state index in [0.717, 1.165) is 0 Å². The molecule has 0 aliphatic rings. The second-order valence-electron chi connectivity index (χ2n) is 4.34. The normalized spacial score (nSPS) is 17.2. The number of ether oxygens (including phenoxy) is 2. The second kappa shape index (κ2) is 12.0. The van der Waals surface area contributed by atoms with Crippen molar-refractivity contribution < 1.29 is 44.9 Å². The van der Waals surface area contributed by atoms with Crippen LogP contribution in [0.4, 0.5) is 0 Å². The molecule has 0 aromatic heterocycles. The molecule has 0 rings (SSSR count). The van der Waals surface area contributed by atoms with Crippen molar-refractivity contribution in [1.29, 1.82) is 0 Å². The summed E-state index contributed by atoms with van der Waals surface area (Å²) in [5.74, 6) is -1.06. The maximum Gasteiger partial charge on any atom is 0.192 e. The minimum Gasteiger partial charge on any atom is -0.394 e. The first-order valence-corrected chi connectivity index (χ1v) is 6.58. The molecule has 0 aliphatic heterocycles. The van der Waals surface area contributed by atoms with E-state index < -0.39 is 36.8 Å². The van der Waals surface area contributed by atoms with E-state index in [2.05, 4.69) is 0 Å². The molecule has 0 heterocycles. The van der Waals surface area contributed by atoms with Gasteiger partial charge in [-0.1, -0.05) is 0 Å². The summed E-state index contributed by atoms with van der Waals surface area (Å²) in [6.45, 7) is -0.210. The molecule has 0 radical (unpaired) electrons. The van der Waals surface area contributed by atoms with Crippen LogP contribution in [-0.2, 0) is 14.3 Å². The Morgan fingerprint density at radius 2 is 1.48 bits per heavy atom. The Bertz CT molecular complexity index is 273. The van der Waals surface area contributed by atoms with Crippen molar-refractivity contribution >= 4 is 5.78 Å². The molecule has 0 saturated carbocycles. The molecule has 0 saturated heterocycles. The Kier molecular flexibility index (Phi) is 11.6. The van der Waals surface area contributed by atoms with Crippen molar-refractivity contribution in [2.75, 3.05) is 39.6 Å². The van der Waals surface area contributed by atoms with Crippen molar-refractivity contribution in [2.45, 2.75) is 30.8 Å². The van der Waals surface area contributed by atoms with E-state index in [1.54, 1.807) is 0 Å². The third-order valence-electron chi connectivity index (χ3n) is 2.67. The van der Waals surface area contributed by atoms with Gasteiger partial charge in [0.1, 0.15) is 24.4 Å². The highest BCUT2D eigenvalue weighted by Gasteiger charge is 2.33. The van der Waals surface area contributed by atoms with Gasteiger partial charge in [-0.15, -0.1) is 0 Å². The van der Waals surface area contributed by atoms with Crippen LogP contribution in [0.1, 0.15) is 6.42 Å². The van der Waals surface area contributed by atoms with Crippen molar-refractivity contribution in [2.24, 2.45) is 0 Å². The molecule has 6 N–H and O–H groups in total. The van der Waals surface area contributed by atoms with Crippen molar-refractivity contribution in [1.82, 2.24) is 0 Å². The van der Waals surface area contributed by atoms with Gasteiger partial charge in [0, 0.05) is 13.0 Å². The summed E-state index contributed by atoms with van der Waals surface area (Å²) in [6, 6.07) is 0. The van der Waals surface area contributed by atoms with Crippen LogP contribution in [0.3, 0.4) is 0 Å². The third kappa shape index (κ3) is 8.39. The maximum absolute atomic E-state index is 11.5. The van der Waals surface area contributed by atoms with Crippen LogP contribution in [0.5, 0.6) is 0 Å². The summed E-state index contributed by atoms with van der Waals surface area (Å²) in [5.41, 5.74) is 0. The first-order valence-electron chi connectivity index (χ1n) is 6.58. The fourth-order valence-corrected chi connectivity index (χ4v) is 1.41. The van der Waals surface area contributed by atoms with Gasteiger partial charge in [0.05, 0.1) is 33.0 Å². The summed E-state index contributed by atoms with van der Waals surface area (Å²) in [7, 11) is 0. The van der Waals surface area contributed by atoms with E-state index >= 15 is 0 Å². The molecular weight excluding hydrogens is 288 g/mol. The van der Waals surface area contributed by atoms with Gasteiger partial charge in [0.15, 0.2) is 5.78 Å². The Morgan fingerprint density at radius 1 is 0.905 bits per heavy atom. The van der Waals surface area contributed by atoms with Gasteiger partial charge in [0.2, 0.25) is 0 Å². The molecule has 0 spiro atoms. The van der Waals surface area contributed by atoms with Crippen LogP contribution in [0.15, 0.2) is 0 Å². The molecular formula is C12H24O9. The molecule has 0 aliphatic carbocycles. The average molecular weight is 312 g/mol. The number of carbonyl (C=O) groups is 1. The van der Waals surface area contributed by atoms with E-state index in [9.17, 15) is 20.1 Å². The molecule has 0 aromatic rings. The summed E-state index contributed by atoms with van der Waals surface area (Å²) in [6.07, 6.45) is -7.19. The van der Waals surface area contributed by atoms with Crippen molar-refractivity contribution in [3.05, 3.63) is 0 Å². The number of carbonyl (C=O) groups excluding carboxylic acids is 1. The first kappa shape index (κ1) is 20.3. The average Bonchev–Trinajstić information content (AvgIpc) is 2.50. The molecule has 0 bridgehead atoms. The highest BCUT2D eigenvalue weighted by atomic mass is 16.5. The molecule has 9 nitrogen and oxygen atoms in total. The Morgan fingerprint density at radius 3 is 2.00 bits per heavy atom. The van der Waals surface area contributed by atoms with Crippen LogP contribution in [0.2, 0.25) is 0 Å². The molecule has 0 amide bonds. The summed E-state index contributed by atoms with van der Waals surface area (Å²) < 4.78 is 9.97. The van der Waals surface area contributed by atoms with E-state index in [1.807, 2.05) is 0 Å². The minimum absolute atomic E-state index is 0.0285. The molecule has 1 unspecified atom stereocenters. The number of hydrogen-bond donors (Lipinski definition) is 6. The van der Waals surface area contributed by atoms with Crippen LogP contribution in [0.25, 0.3) is 0 Å². The zero-order chi connectivity index (χ0) is 16.3. The lowest BCUT2D eigenvalue weighted by molar-refractivity contribution is -0.149. The van der Waals surface area contributed by atoms with E-state index in [1.165, 1.54) is 0 Å². The lowest BCUT2D eigenvalue weighted by atomic mass is 10.00. The molecule has 9 heteroatoms. The highest BCUT2D eigenvalue weighted by Crippen LogP contribution is 2.06. The third-order valence-corrected chi connectivity index (χ3v) is 2.67. The van der Waals surface area contributed by atoms with E-state index in [4.69, 9.17) is 24.8 Å². The predicted octanol–water partition coefficient (Wildman–Crippen LogP) is -3.59. The molecule has 126 valence electrons. The lowest BCUT2D eigenvalue weighted by Crippen LogP contribution is -2.47. The quantitative estimate of drug-likeness (QED) is 0.189. The molecule has 4 atom stereocenters. The van der Waals surface area contributed by atoms with Gasteiger partial charge >= 0.3 is 0 Å². The van der Waals surface area contributed by atoms with Crippen LogP contribution < -0.4 is 0 Å². The summed E-state index contributed by atoms with van der Waals surface area (Å²) in [5, 5.41) is 54.4. The molecule has 21 heavy (non-hydrogen) atoms. The highest BCUT2D eigenvalue weighted by molar-refractivity contribution is 5.87. The molecule has 0 fully saturated rings. The maximum atomic E-state index is 11.5. The van der Waals surface area contributed by atoms with Gasteiger partial charge < -0.3 is 40.1 Å². The largest absolute Gasteiger partial charge is 0.394 e. The van der Waals surface area contributed by atoms with Crippen molar-refractivity contribution in [3.63, 3.8) is 0 Å². The predicted molar refractivity (Wildman–Crippen MR) is 69.5 cm³/mol. The van der Waals surface area contributed by atoms with Gasteiger partial charge in [0.25, 0.3) is 0 Å². The standard InChI is InChI=1S/C12H24O9/c13-2-4-21-6-5-20-3-1-8(15)10(17)12(19)11(18)9(16)7-14/h8-9,11-16,18-19H,1-7H2/t8?,9-,11-,12-/m1/s1. The van der Waals surface area contributed by atoms with Crippen LogP contribution in [0, 0.1) is 0 Å². The van der Waals surface area contributed by atoms with E-state index in [-0.39, 0.29) is 39.5 Å². The van der Waals surface area contributed by atoms with Gasteiger partial charge in [-0.05, 0) is 0 Å². The number of Topliss-reactive ketones (excluding diaryl/α,β-unsaturated/α-hetero) is 1. The number of hydrogen-bond acceptors (Lipinski definition) is 9. The number of ketones is 1. The fourth-order valence-electron chi connectivity index (χ4n) is 1.41. The zero-order valence-corrected chi connectivity index (χ0v) is 11.7. The zero-order valence-electron chi connectivity index (χ0n) is 11.7. The number of rotatable bonds is 13. The topological polar surface area (TPSA) is 157 Å². The van der Waals surface area contributed by atoms with Crippen LogP contribution in [-0.4, -0.2) is 100 Å². The number of aliphatic hydroxyl groups is 6. The molecule has 0 aromatic carbocycles. The number of aliphatic hydroxyl groups excluding tert-OH is 6. The second-order valence-corrected chi connectivity index (χ2v) is 4.34. The summed E-state index contributed by atoms with van der Waals surface area (Å²) in [4.78, 5) is 11.5. The Balaban J connectivity index is 3.89. The van der Waals surface area contributed by atoms with Gasteiger partial charge in [-0.2, -0.15) is 0 Å². The first-order chi connectivity index (χ1) is 9.95. The monoisotopic (exact) mass is 312 g/mol. The van der Waals surface area contributed by atoms with Crippen LogP contribution >= 0.6 is 0 Å². The Hall–Kier alpha value is -0.650. The lowest BCUT2D eigenvalue weighted by Gasteiger charge is -2.22. The van der Waals surface area contributed by atoms with Gasteiger partial charge in [-0.25, -0.2) is 0 Å². The SMILES string of the molecule is O=C(C(O)CCOCCOCCO)[C@@H](O)[C@H](O)[C@H](O)CO. The smallest absolute Gasteiger partial charge is 0.192 e. The van der Waals surface area contributed by atoms with Crippen molar-refractivity contribution in [3.8, 4) is 0 Å². The minimum atomic E-state index is -1.99.